The predicted molar refractivity (Wildman–Crippen MR) is 122 cm³/mol. The Balaban J connectivity index is 1.52. The molecule has 1 saturated heterocycles. The van der Waals surface area contributed by atoms with Crippen molar-refractivity contribution in [2.24, 2.45) is 0 Å². The Kier molecular flexibility index (Phi) is 5.09. The average molecular weight is 466 g/mol. The summed E-state index contributed by atoms with van der Waals surface area (Å²) in [5, 5.41) is 7.22. The van der Waals surface area contributed by atoms with Gasteiger partial charge in [0.05, 0.1) is 33.8 Å². The van der Waals surface area contributed by atoms with Crippen LogP contribution in [0.2, 0.25) is 0 Å². The van der Waals surface area contributed by atoms with Gasteiger partial charge in [-0.1, -0.05) is 11.2 Å². The second kappa shape index (κ2) is 7.96. The van der Waals surface area contributed by atoms with Gasteiger partial charge >= 0.3 is 0 Å². The summed E-state index contributed by atoms with van der Waals surface area (Å²) >= 11 is 0. The van der Waals surface area contributed by atoms with Crippen LogP contribution in [-0.2, 0) is 10.0 Å². The van der Waals surface area contributed by atoms with Gasteiger partial charge in [0, 0.05) is 17.8 Å². The van der Waals surface area contributed by atoms with E-state index >= 15 is 0 Å². The molecule has 1 N–H and O–H groups in total. The highest BCUT2D eigenvalue weighted by Crippen LogP contribution is 2.29. The third-order valence-electron chi connectivity index (χ3n) is 5.49. The number of aromatic nitrogens is 2. The minimum atomic E-state index is -3.34. The van der Waals surface area contributed by atoms with E-state index in [0.29, 0.717) is 46.7 Å². The van der Waals surface area contributed by atoms with E-state index in [1.807, 2.05) is 0 Å². The molecule has 0 unspecified atom stereocenters. The number of rotatable bonds is 4. The third kappa shape index (κ3) is 3.93. The lowest BCUT2D eigenvalue weighted by atomic mass is 10.0. The van der Waals surface area contributed by atoms with Crippen LogP contribution in [0.3, 0.4) is 0 Å². The number of fused-ring (bicyclic) bond motifs is 1. The summed E-state index contributed by atoms with van der Waals surface area (Å²) in [5.41, 5.74) is 2.97. The Morgan fingerprint density at radius 2 is 1.94 bits per heavy atom. The van der Waals surface area contributed by atoms with Crippen molar-refractivity contribution in [1.29, 1.82) is 0 Å². The molecule has 2 aromatic heterocycles. The molecule has 168 valence electrons. The number of nitrogens with zero attached hydrogens (tertiary/aromatic N) is 3. The van der Waals surface area contributed by atoms with Gasteiger partial charge in [-0.3, -0.25) is 9.10 Å². The lowest BCUT2D eigenvalue weighted by Gasteiger charge is -2.18. The molecule has 0 atom stereocenters. The van der Waals surface area contributed by atoms with Crippen molar-refractivity contribution in [3.63, 3.8) is 0 Å². The summed E-state index contributed by atoms with van der Waals surface area (Å²) in [7, 11) is -3.34. The number of carbonyl (C=O) groups excluding carboxylic acids is 1. The van der Waals surface area contributed by atoms with Crippen molar-refractivity contribution in [1.82, 2.24) is 10.1 Å². The molecule has 0 saturated carbocycles. The summed E-state index contributed by atoms with van der Waals surface area (Å²) in [4.78, 5) is 17.7. The number of nitrogens with one attached hydrogen (secondary N) is 1. The number of carbonyl (C=O) groups is 1. The van der Waals surface area contributed by atoms with E-state index in [-0.39, 0.29) is 22.8 Å². The Labute approximate surface area is 189 Å². The van der Waals surface area contributed by atoms with E-state index in [1.165, 1.54) is 16.4 Å². The number of amides is 1. The van der Waals surface area contributed by atoms with Gasteiger partial charge in [-0.2, -0.15) is 0 Å². The van der Waals surface area contributed by atoms with E-state index in [0.717, 1.165) is 0 Å². The van der Waals surface area contributed by atoms with Gasteiger partial charge in [-0.05, 0) is 61.9 Å². The minimum absolute atomic E-state index is 0.109. The monoisotopic (exact) mass is 466 g/mol. The summed E-state index contributed by atoms with van der Waals surface area (Å²) < 4.78 is 44.5. The molecule has 0 spiro atoms. The summed E-state index contributed by atoms with van der Waals surface area (Å²) in [6, 6.07) is 14.0. The fourth-order valence-electron chi connectivity index (χ4n) is 3.91. The minimum Gasteiger partial charge on any atom is -0.335 e. The van der Waals surface area contributed by atoms with E-state index < -0.39 is 15.9 Å². The molecule has 1 amide bonds. The van der Waals surface area contributed by atoms with E-state index in [1.54, 1.807) is 49.4 Å². The molecular weight excluding hydrogens is 447 g/mol. The largest absolute Gasteiger partial charge is 0.335 e. The zero-order chi connectivity index (χ0) is 23.2. The zero-order valence-corrected chi connectivity index (χ0v) is 18.4. The predicted octanol–water partition coefficient (Wildman–Crippen LogP) is 4.13. The number of benzene rings is 2. The molecule has 1 aliphatic rings. The highest BCUT2D eigenvalue weighted by Gasteiger charge is 2.28. The molecule has 1 aliphatic heterocycles. The molecule has 0 aliphatic carbocycles. The van der Waals surface area contributed by atoms with Crippen molar-refractivity contribution < 1.29 is 22.1 Å². The molecule has 3 heterocycles. The third-order valence-corrected chi connectivity index (χ3v) is 7.36. The van der Waals surface area contributed by atoms with E-state index in [2.05, 4.69) is 15.5 Å². The first-order valence-corrected chi connectivity index (χ1v) is 11.9. The summed E-state index contributed by atoms with van der Waals surface area (Å²) in [6.45, 7) is 2.12. The standard InChI is InChI=1S/C23H19FN4O4S/c1-14-21-19(13-20(26-23(21)32-27-14)15-6-8-16(24)9-7-15)22(29)25-17-4-2-5-18(12-17)28-10-3-11-33(28,30)31/h2,4-9,12-13H,3,10-11H2,1H3,(H,25,29). The summed E-state index contributed by atoms with van der Waals surface area (Å²) in [6.07, 6.45) is 0.562. The van der Waals surface area contributed by atoms with Crippen molar-refractivity contribution in [3.8, 4) is 11.3 Å². The molecule has 0 bridgehead atoms. The maximum Gasteiger partial charge on any atom is 0.259 e. The number of anilines is 2. The van der Waals surface area contributed by atoms with Gasteiger partial charge in [-0.25, -0.2) is 17.8 Å². The van der Waals surface area contributed by atoms with Gasteiger partial charge in [0.2, 0.25) is 10.0 Å². The number of aryl methyl sites for hydroxylation is 1. The lowest BCUT2D eigenvalue weighted by molar-refractivity contribution is 0.102. The molecule has 1 fully saturated rings. The van der Waals surface area contributed by atoms with Crippen LogP contribution in [0.5, 0.6) is 0 Å². The maximum atomic E-state index is 13.3. The van der Waals surface area contributed by atoms with Crippen molar-refractivity contribution in [2.75, 3.05) is 21.9 Å². The highest BCUT2D eigenvalue weighted by molar-refractivity contribution is 7.93. The molecule has 5 rings (SSSR count). The second-order valence-electron chi connectivity index (χ2n) is 7.76. The zero-order valence-electron chi connectivity index (χ0n) is 17.6. The summed E-state index contributed by atoms with van der Waals surface area (Å²) in [5.74, 6) is -0.705. The van der Waals surface area contributed by atoms with Crippen LogP contribution in [0, 0.1) is 12.7 Å². The van der Waals surface area contributed by atoms with Gasteiger partial charge in [0.15, 0.2) is 0 Å². The van der Waals surface area contributed by atoms with Crippen LogP contribution in [-0.4, -0.2) is 36.8 Å². The molecule has 0 radical (unpaired) electrons. The first kappa shape index (κ1) is 21.1. The van der Waals surface area contributed by atoms with Gasteiger partial charge < -0.3 is 9.84 Å². The van der Waals surface area contributed by atoms with Crippen LogP contribution in [0.25, 0.3) is 22.4 Å². The maximum absolute atomic E-state index is 13.3. The molecule has 2 aromatic carbocycles. The fourth-order valence-corrected chi connectivity index (χ4v) is 5.47. The van der Waals surface area contributed by atoms with Crippen LogP contribution >= 0.6 is 0 Å². The Hall–Kier alpha value is -3.79. The van der Waals surface area contributed by atoms with Crippen LogP contribution < -0.4 is 9.62 Å². The van der Waals surface area contributed by atoms with Gasteiger partial charge in [0.1, 0.15) is 5.82 Å². The fraction of sp³-hybridized carbons (Fsp3) is 0.174. The topological polar surface area (TPSA) is 105 Å². The number of hydrogen-bond acceptors (Lipinski definition) is 6. The highest BCUT2D eigenvalue weighted by atomic mass is 32.2. The molecule has 4 aromatic rings. The second-order valence-corrected chi connectivity index (χ2v) is 9.77. The SMILES string of the molecule is Cc1noc2nc(-c3ccc(F)cc3)cc(C(=O)Nc3cccc(N4CCCS4(=O)=O)c3)c12. The van der Waals surface area contributed by atoms with Gasteiger partial charge in [-0.15, -0.1) is 0 Å². The quantitative estimate of drug-likeness (QED) is 0.485. The van der Waals surface area contributed by atoms with Crippen molar-refractivity contribution in [2.45, 2.75) is 13.3 Å². The van der Waals surface area contributed by atoms with Gasteiger partial charge in [0.25, 0.3) is 11.6 Å². The molecular formula is C23H19FN4O4S. The first-order valence-electron chi connectivity index (χ1n) is 10.3. The Morgan fingerprint density at radius 1 is 1.15 bits per heavy atom. The first-order chi connectivity index (χ1) is 15.8. The molecule has 8 nitrogen and oxygen atoms in total. The van der Waals surface area contributed by atoms with E-state index in [4.69, 9.17) is 4.52 Å². The smallest absolute Gasteiger partial charge is 0.259 e. The molecule has 10 heteroatoms. The van der Waals surface area contributed by atoms with Crippen LogP contribution in [0.15, 0.2) is 59.1 Å². The van der Waals surface area contributed by atoms with Crippen molar-refractivity contribution in [3.05, 3.63) is 71.7 Å². The Bertz CT molecular complexity index is 1480. The Morgan fingerprint density at radius 3 is 2.67 bits per heavy atom. The van der Waals surface area contributed by atoms with E-state index in [9.17, 15) is 17.6 Å². The van der Waals surface area contributed by atoms with Crippen LogP contribution in [0.1, 0.15) is 22.5 Å². The lowest BCUT2D eigenvalue weighted by Crippen LogP contribution is -2.25. The number of hydrogen-bond donors (Lipinski definition) is 1. The number of pyridine rings is 1. The van der Waals surface area contributed by atoms with Crippen LogP contribution in [0.4, 0.5) is 15.8 Å². The average Bonchev–Trinajstić information content (AvgIpc) is 3.35. The normalized spacial score (nSPS) is 15.2. The molecule has 33 heavy (non-hydrogen) atoms. The number of sulfonamides is 1. The van der Waals surface area contributed by atoms with Crippen molar-refractivity contribution >= 4 is 38.4 Å². The number of halogens is 1.